The molecule has 1 fully saturated rings. The minimum Gasteiger partial charge on any atom is -0.390 e. The number of hydrogen-bond donors (Lipinski definition) is 1. The topological polar surface area (TPSA) is 38.1 Å². The van der Waals surface area contributed by atoms with Crippen molar-refractivity contribution in [2.45, 2.75) is 63.1 Å². The molecule has 0 radical (unpaired) electrons. The molecule has 0 aliphatic heterocycles. The summed E-state index contributed by atoms with van der Waals surface area (Å²) in [5.74, 6) is 1.67. The van der Waals surface area contributed by atoms with E-state index in [0.29, 0.717) is 0 Å². The first-order chi connectivity index (χ1) is 11.3. The molecule has 0 unspecified atom stereocenters. The molecule has 3 nitrogen and oxygen atoms in total. The van der Waals surface area contributed by atoms with Gasteiger partial charge in [0.25, 0.3) is 0 Å². The molecule has 2 aromatic rings. The van der Waals surface area contributed by atoms with Crippen LogP contribution < -0.4 is 0 Å². The first-order valence-electron chi connectivity index (χ1n) is 8.60. The number of aromatic nitrogens is 2. The van der Waals surface area contributed by atoms with Gasteiger partial charge in [-0.3, -0.25) is 0 Å². The fraction of sp³-hybridized carbons (Fsp3) is 0.526. The fourth-order valence-corrected chi connectivity index (χ4v) is 4.45. The Labute approximate surface area is 143 Å². The van der Waals surface area contributed by atoms with Crippen LogP contribution in [0.4, 0.5) is 0 Å². The van der Waals surface area contributed by atoms with Crippen LogP contribution >= 0.6 is 11.8 Å². The van der Waals surface area contributed by atoms with Gasteiger partial charge in [0, 0.05) is 12.3 Å². The van der Waals surface area contributed by atoms with Crippen molar-refractivity contribution in [2.75, 3.05) is 0 Å². The molecule has 1 N–H and O–H groups in total. The summed E-state index contributed by atoms with van der Waals surface area (Å²) >= 11 is 1.78. The van der Waals surface area contributed by atoms with Crippen LogP contribution in [-0.4, -0.2) is 14.7 Å². The highest BCUT2D eigenvalue weighted by molar-refractivity contribution is 7.98. The zero-order valence-corrected chi connectivity index (χ0v) is 14.7. The van der Waals surface area contributed by atoms with Crippen LogP contribution in [0.2, 0.25) is 0 Å². The van der Waals surface area contributed by atoms with E-state index in [1.165, 1.54) is 43.2 Å². The molecule has 1 aromatic heterocycles. The van der Waals surface area contributed by atoms with Crippen LogP contribution in [0.1, 0.15) is 48.9 Å². The molecule has 1 heterocycles. The first kappa shape index (κ1) is 16.6. The van der Waals surface area contributed by atoms with E-state index >= 15 is 0 Å². The van der Waals surface area contributed by atoms with Crippen LogP contribution in [0.5, 0.6) is 0 Å². The monoisotopic (exact) mass is 330 g/mol. The summed E-state index contributed by atoms with van der Waals surface area (Å²) in [6.45, 7) is 3.24. The Balaban J connectivity index is 1.71. The molecule has 1 aliphatic carbocycles. The number of rotatable bonds is 6. The zero-order valence-electron chi connectivity index (χ0n) is 13.9. The van der Waals surface area contributed by atoms with E-state index in [4.69, 9.17) is 0 Å². The molecule has 4 heteroatoms. The third kappa shape index (κ3) is 4.18. The van der Waals surface area contributed by atoms with Gasteiger partial charge in [0.2, 0.25) is 0 Å². The van der Waals surface area contributed by atoms with Crippen molar-refractivity contribution >= 4 is 11.8 Å². The average molecular weight is 330 g/mol. The van der Waals surface area contributed by atoms with E-state index in [9.17, 15) is 5.11 Å². The smallest absolute Gasteiger partial charge is 0.168 e. The highest BCUT2D eigenvalue weighted by Crippen LogP contribution is 2.29. The summed E-state index contributed by atoms with van der Waals surface area (Å²) in [5, 5.41) is 10.7. The van der Waals surface area contributed by atoms with Crippen molar-refractivity contribution in [3.8, 4) is 0 Å². The Morgan fingerprint density at radius 3 is 2.74 bits per heavy atom. The standard InChI is InChI=1S/C19H26N2OS/c1-15-7-5-6-10-17(15)14-23-19-20-11-18(13-22)21(19)12-16-8-3-2-4-9-16/h5-7,10-11,16,22H,2-4,8-9,12-14H2,1H3. The number of imidazole rings is 1. The van der Waals surface area contributed by atoms with E-state index in [-0.39, 0.29) is 6.61 Å². The summed E-state index contributed by atoms with van der Waals surface area (Å²) in [6.07, 6.45) is 8.53. The Kier molecular flexibility index (Phi) is 5.79. The van der Waals surface area contributed by atoms with Crippen LogP contribution in [0.3, 0.4) is 0 Å². The molecule has 0 amide bonds. The molecular weight excluding hydrogens is 304 g/mol. The highest BCUT2D eigenvalue weighted by atomic mass is 32.2. The van der Waals surface area contributed by atoms with E-state index in [1.54, 1.807) is 11.8 Å². The van der Waals surface area contributed by atoms with Crippen molar-refractivity contribution < 1.29 is 5.11 Å². The van der Waals surface area contributed by atoms with Crippen molar-refractivity contribution in [3.63, 3.8) is 0 Å². The Morgan fingerprint density at radius 2 is 2.00 bits per heavy atom. The van der Waals surface area contributed by atoms with Crippen molar-refractivity contribution in [3.05, 3.63) is 47.3 Å². The lowest BCUT2D eigenvalue weighted by atomic mass is 9.89. The van der Waals surface area contributed by atoms with Crippen LogP contribution in [0.15, 0.2) is 35.6 Å². The number of thioether (sulfide) groups is 1. The van der Waals surface area contributed by atoms with Crippen molar-refractivity contribution in [1.82, 2.24) is 9.55 Å². The maximum Gasteiger partial charge on any atom is 0.168 e. The van der Waals surface area contributed by atoms with E-state index in [2.05, 4.69) is 40.7 Å². The summed E-state index contributed by atoms with van der Waals surface area (Å²) in [5.41, 5.74) is 3.63. The van der Waals surface area contributed by atoms with Gasteiger partial charge in [-0.1, -0.05) is 55.3 Å². The number of aryl methyl sites for hydroxylation is 1. The second-order valence-electron chi connectivity index (χ2n) is 6.52. The molecule has 1 saturated carbocycles. The van der Waals surface area contributed by atoms with Gasteiger partial charge >= 0.3 is 0 Å². The number of benzene rings is 1. The third-order valence-electron chi connectivity index (χ3n) is 4.85. The predicted molar refractivity (Wildman–Crippen MR) is 95.5 cm³/mol. The molecule has 0 spiro atoms. The maximum absolute atomic E-state index is 9.62. The van der Waals surface area contributed by atoms with E-state index < -0.39 is 0 Å². The predicted octanol–water partition coefficient (Wildman–Crippen LogP) is 4.56. The zero-order chi connectivity index (χ0) is 16.1. The van der Waals surface area contributed by atoms with Gasteiger partial charge in [-0.05, 0) is 36.8 Å². The number of aliphatic hydroxyl groups is 1. The lowest BCUT2D eigenvalue weighted by molar-refractivity contribution is 0.255. The average Bonchev–Trinajstić information content (AvgIpc) is 2.97. The largest absolute Gasteiger partial charge is 0.390 e. The molecule has 124 valence electrons. The molecule has 23 heavy (non-hydrogen) atoms. The van der Waals surface area contributed by atoms with Gasteiger partial charge < -0.3 is 9.67 Å². The fourth-order valence-electron chi connectivity index (χ4n) is 3.37. The van der Waals surface area contributed by atoms with Gasteiger partial charge in [0.1, 0.15) is 0 Å². The van der Waals surface area contributed by atoms with Crippen LogP contribution in [0, 0.1) is 12.8 Å². The normalized spacial score (nSPS) is 15.9. The van der Waals surface area contributed by atoms with Gasteiger partial charge in [-0.15, -0.1) is 0 Å². The highest BCUT2D eigenvalue weighted by Gasteiger charge is 2.18. The van der Waals surface area contributed by atoms with Crippen molar-refractivity contribution in [1.29, 1.82) is 0 Å². The Morgan fingerprint density at radius 1 is 1.22 bits per heavy atom. The van der Waals surface area contributed by atoms with Gasteiger partial charge in [0.15, 0.2) is 5.16 Å². The van der Waals surface area contributed by atoms with E-state index in [1.807, 2.05) is 6.20 Å². The maximum atomic E-state index is 9.62. The van der Waals surface area contributed by atoms with Crippen LogP contribution in [0.25, 0.3) is 0 Å². The first-order valence-corrected chi connectivity index (χ1v) is 9.59. The second-order valence-corrected chi connectivity index (χ2v) is 7.46. The molecular formula is C19H26N2OS. The Bertz CT molecular complexity index is 632. The summed E-state index contributed by atoms with van der Waals surface area (Å²) in [6, 6.07) is 8.52. The number of aliphatic hydroxyl groups excluding tert-OH is 1. The summed E-state index contributed by atoms with van der Waals surface area (Å²) in [7, 11) is 0. The molecule has 1 aliphatic rings. The van der Waals surface area contributed by atoms with Gasteiger partial charge in [-0.25, -0.2) is 4.98 Å². The Hall–Kier alpha value is -1.26. The second kappa shape index (κ2) is 8.02. The number of hydrogen-bond acceptors (Lipinski definition) is 3. The summed E-state index contributed by atoms with van der Waals surface area (Å²) in [4.78, 5) is 4.56. The molecule has 0 saturated heterocycles. The summed E-state index contributed by atoms with van der Waals surface area (Å²) < 4.78 is 2.25. The van der Waals surface area contributed by atoms with Gasteiger partial charge in [0.05, 0.1) is 18.5 Å². The molecule has 0 atom stereocenters. The van der Waals surface area contributed by atoms with Crippen molar-refractivity contribution in [2.24, 2.45) is 5.92 Å². The molecule has 0 bridgehead atoms. The van der Waals surface area contributed by atoms with E-state index in [0.717, 1.165) is 29.1 Å². The third-order valence-corrected chi connectivity index (χ3v) is 5.89. The number of nitrogens with zero attached hydrogens (tertiary/aromatic N) is 2. The quantitative estimate of drug-likeness (QED) is 0.789. The molecule has 1 aromatic carbocycles. The van der Waals surface area contributed by atoms with Gasteiger partial charge in [-0.2, -0.15) is 0 Å². The SMILES string of the molecule is Cc1ccccc1CSc1ncc(CO)n1CC1CCCCC1. The lowest BCUT2D eigenvalue weighted by Gasteiger charge is -2.23. The molecule has 3 rings (SSSR count). The lowest BCUT2D eigenvalue weighted by Crippen LogP contribution is -2.16. The minimum atomic E-state index is 0.0741. The minimum absolute atomic E-state index is 0.0741. The van der Waals surface area contributed by atoms with Crippen LogP contribution in [-0.2, 0) is 18.9 Å².